The van der Waals surface area contributed by atoms with E-state index in [-0.39, 0.29) is 6.61 Å². The third kappa shape index (κ3) is 2.90. The van der Waals surface area contributed by atoms with E-state index in [2.05, 4.69) is 0 Å². The van der Waals surface area contributed by atoms with Crippen molar-refractivity contribution in [1.82, 2.24) is 0 Å². The van der Waals surface area contributed by atoms with Gasteiger partial charge in [-0.25, -0.2) is 9.18 Å². The molecule has 0 amide bonds. The average molecular weight is 236 g/mol. The summed E-state index contributed by atoms with van der Waals surface area (Å²) in [5.74, 6) is -1.73. The Morgan fingerprint density at radius 3 is 2.69 bits per heavy atom. The molecule has 1 heterocycles. The number of hydrogen-bond acceptors (Lipinski definition) is 5. The normalized spacial score (nSPS) is 30.1. The van der Waals surface area contributed by atoms with Crippen LogP contribution >= 0.6 is 0 Å². The second kappa shape index (κ2) is 5.07. The molecule has 0 saturated carbocycles. The molecule has 1 rings (SSSR count). The zero-order chi connectivity index (χ0) is 12.3. The van der Waals surface area contributed by atoms with Gasteiger partial charge in [-0.05, 0) is 20.8 Å². The zero-order valence-electron chi connectivity index (χ0n) is 9.60. The van der Waals surface area contributed by atoms with Crippen LogP contribution in [0.1, 0.15) is 20.8 Å². The fourth-order valence-electron chi connectivity index (χ4n) is 1.56. The van der Waals surface area contributed by atoms with Crippen molar-refractivity contribution in [2.45, 2.75) is 44.9 Å². The van der Waals surface area contributed by atoms with E-state index in [9.17, 15) is 9.18 Å². The van der Waals surface area contributed by atoms with E-state index >= 15 is 0 Å². The molecule has 16 heavy (non-hydrogen) atoms. The van der Waals surface area contributed by atoms with Crippen molar-refractivity contribution in [3.8, 4) is 0 Å². The van der Waals surface area contributed by atoms with Crippen LogP contribution < -0.4 is 0 Å². The first-order valence-electron chi connectivity index (χ1n) is 5.18. The van der Waals surface area contributed by atoms with Gasteiger partial charge >= 0.3 is 5.97 Å². The third-order valence-electron chi connectivity index (χ3n) is 2.18. The van der Waals surface area contributed by atoms with E-state index in [0.29, 0.717) is 0 Å². The summed E-state index contributed by atoms with van der Waals surface area (Å²) in [5.41, 5.74) is 0. The van der Waals surface area contributed by atoms with Gasteiger partial charge in [-0.15, -0.1) is 0 Å². The number of rotatable bonds is 4. The maximum atomic E-state index is 13.4. The predicted octanol–water partition coefficient (Wildman–Crippen LogP) is 0.400. The van der Waals surface area contributed by atoms with Crippen LogP contribution in [0, 0.1) is 0 Å². The lowest BCUT2D eigenvalue weighted by atomic mass is 10.1. The summed E-state index contributed by atoms with van der Waals surface area (Å²) in [6.07, 6.45) is -3.92. The lowest BCUT2D eigenvalue weighted by Gasteiger charge is -2.18. The number of carbonyl (C=O) groups is 1. The van der Waals surface area contributed by atoms with Crippen molar-refractivity contribution in [3.05, 3.63) is 0 Å². The van der Waals surface area contributed by atoms with E-state index in [1.54, 1.807) is 20.8 Å². The molecule has 1 N–H and O–H groups in total. The fourth-order valence-corrected chi connectivity index (χ4v) is 1.56. The summed E-state index contributed by atoms with van der Waals surface area (Å²) in [6.45, 7) is 4.25. The van der Waals surface area contributed by atoms with Crippen LogP contribution in [-0.2, 0) is 19.0 Å². The number of alkyl halides is 1. The highest BCUT2D eigenvalue weighted by molar-refractivity contribution is 5.76. The highest BCUT2D eigenvalue weighted by Crippen LogP contribution is 2.31. The molecular formula is C10H17FO5. The van der Waals surface area contributed by atoms with E-state index in [1.807, 2.05) is 0 Å². The van der Waals surface area contributed by atoms with Crippen molar-refractivity contribution in [1.29, 1.82) is 0 Å². The van der Waals surface area contributed by atoms with Crippen LogP contribution in [0.15, 0.2) is 0 Å². The van der Waals surface area contributed by atoms with Gasteiger partial charge in [0.1, 0.15) is 6.10 Å². The molecule has 0 bridgehead atoms. The number of carbonyl (C=O) groups excluding carboxylic acids is 1. The highest BCUT2D eigenvalue weighted by atomic mass is 19.1. The van der Waals surface area contributed by atoms with Gasteiger partial charge in [0.2, 0.25) is 0 Å². The van der Waals surface area contributed by atoms with Gasteiger partial charge in [-0.3, -0.25) is 0 Å². The Labute approximate surface area is 93.5 Å². The summed E-state index contributed by atoms with van der Waals surface area (Å²) in [4.78, 5) is 11.5. The first-order chi connectivity index (χ1) is 7.41. The van der Waals surface area contributed by atoms with Gasteiger partial charge in [0.25, 0.3) is 0 Å². The van der Waals surface area contributed by atoms with Crippen LogP contribution in [0.3, 0.4) is 0 Å². The van der Waals surface area contributed by atoms with E-state index < -0.39 is 36.7 Å². The first kappa shape index (κ1) is 13.3. The Morgan fingerprint density at radius 1 is 1.56 bits per heavy atom. The maximum Gasteiger partial charge on any atom is 0.338 e. The molecule has 5 nitrogen and oxygen atoms in total. The molecule has 0 spiro atoms. The number of aliphatic hydroxyl groups is 1. The lowest BCUT2D eigenvalue weighted by molar-refractivity contribution is -0.170. The molecule has 1 aliphatic heterocycles. The Balaban J connectivity index is 2.75. The lowest BCUT2D eigenvalue weighted by Crippen LogP contribution is -2.40. The SMILES string of the molecule is CCOC(=O)[C@H]1OC(C)(C)O[C@@H]1[C@H](F)CO. The quantitative estimate of drug-likeness (QED) is 0.716. The van der Waals surface area contributed by atoms with Crippen molar-refractivity contribution in [2.75, 3.05) is 13.2 Å². The molecule has 94 valence electrons. The van der Waals surface area contributed by atoms with Crippen LogP contribution in [0.5, 0.6) is 0 Å². The molecule has 0 aromatic carbocycles. The minimum Gasteiger partial charge on any atom is -0.464 e. The number of aliphatic hydroxyl groups excluding tert-OH is 1. The van der Waals surface area contributed by atoms with Crippen molar-refractivity contribution >= 4 is 5.97 Å². The average Bonchev–Trinajstić information content (AvgIpc) is 2.54. The van der Waals surface area contributed by atoms with Crippen LogP contribution in [0.2, 0.25) is 0 Å². The summed E-state index contributed by atoms with van der Waals surface area (Å²) in [5, 5.41) is 8.73. The van der Waals surface area contributed by atoms with Gasteiger partial charge in [-0.2, -0.15) is 0 Å². The number of halogens is 1. The fraction of sp³-hybridized carbons (Fsp3) is 0.900. The Morgan fingerprint density at radius 2 is 2.19 bits per heavy atom. The van der Waals surface area contributed by atoms with Gasteiger partial charge in [0, 0.05) is 0 Å². The molecule has 0 unspecified atom stereocenters. The second-order valence-electron chi connectivity index (χ2n) is 3.97. The molecule has 1 fully saturated rings. The number of esters is 1. The van der Waals surface area contributed by atoms with Gasteiger partial charge < -0.3 is 19.3 Å². The second-order valence-corrected chi connectivity index (χ2v) is 3.97. The van der Waals surface area contributed by atoms with Crippen molar-refractivity contribution < 1.29 is 28.5 Å². The topological polar surface area (TPSA) is 65.0 Å². The highest BCUT2D eigenvalue weighted by Gasteiger charge is 2.49. The standard InChI is InChI=1S/C10H17FO5/c1-4-14-9(13)8-7(6(11)5-12)15-10(2,3)16-8/h6-8,12H,4-5H2,1-3H3/t6-,7-,8+/m1/s1. The zero-order valence-corrected chi connectivity index (χ0v) is 9.60. The summed E-state index contributed by atoms with van der Waals surface area (Å²) in [7, 11) is 0. The Kier molecular flexibility index (Phi) is 4.23. The van der Waals surface area contributed by atoms with E-state index in [0.717, 1.165) is 0 Å². The van der Waals surface area contributed by atoms with Gasteiger partial charge in [0.15, 0.2) is 18.1 Å². The largest absolute Gasteiger partial charge is 0.464 e. The smallest absolute Gasteiger partial charge is 0.338 e. The molecule has 0 radical (unpaired) electrons. The minimum atomic E-state index is -1.67. The Bertz CT molecular complexity index is 256. The van der Waals surface area contributed by atoms with Crippen molar-refractivity contribution in [3.63, 3.8) is 0 Å². The molecule has 0 aromatic heterocycles. The molecule has 1 aliphatic rings. The van der Waals surface area contributed by atoms with Gasteiger partial charge in [-0.1, -0.05) is 0 Å². The molecule has 1 saturated heterocycles. The molecule has 3 atom stereocenters. The summed E-state index contributed by atoms with van der Waals surface area (Å²) < 4.78 is 28.6. The minimum absolute atomic E-state index is 0.182. The summed E-state index contributed by atoms with van der Waals surface area (Å²) in [6, 6.07) is 0. The third-order valence-corrected chi connectivity index (χ3v) is 2.18. The molecule has 0 aromatic rings. The molecule has 0 aliphatic carbocycles. The van der Waals surface area contributed by atoms with Gasteiger partial charge in [0.05, 0.1) is 13.2 Å². The Hall–Kier alpha value is -0.720. The van der Waals surface area contributed by atoms with E-state index in [4.69, 9.17) is 19.3 Å². The molecular weight excluding hydrogens is 219 g/mol. The monoisotopic (exact) mass is 236 g/mol. The van der Waals surface area contributed by atoms with E-state index in [1.165, 1.54) is 0 Å². The maximum absolute atomic E-state index is 13.4. The van der Waals surface area contributed by atoms with Crippen LogP contribution in [0.25, 0.3) is 0 Å². The number of hydrogen-bond donors (Lipinski definition) is 1. The summed E-state index contributed by atoms with van der Waals surface area (Å²) >= 11 is 0. The first-order valence-corrected chi connectivity index (χ1v) is 5.18. The predicted molar refractivity (Wildman–Crippen MR) is 52.4 cm³/mol. The molecule has 6 heteroatoms. The van der Waals surface area contributed by atoms with Crippen molar-refractivity contribution in [2.24, 2.45) is 0 Å². The van der Waals surface area contributed by atoms with Crippen LogP contribution in [0.4, 0.5) is 4.39 Å². The van der Waals surface area contributed by atoms with Crippen LogP contribution in [-0.4, -0.2) is 48.5 Å². The number of ether oxygens (including phenoxy) is 3.